The van der Waals surface area contributed by atoms with Gasteiger partial charge < -0.3 is 14.5 Å². The molecule has 0 unspecified atom stereocenters. The second kappa shape index (κ2) is 10.1. The molecule has 0 radical (unpaired) electrons. The van der Waals surface area contributed by atoms with Gasteiger partial charge in [-0.1, -0.05) is 0 Å². The minimum atomic E-state index is -4.49. The van der Waals surface area contributed by atoms with Crippen LogP contribution in [0, 0.1) is 11.3 Å². The minimum absolute atomic E-state index is 0.000310. The van der Waals surface area contributed by atoms with Crippen LogP contribution in [0.5, 0.6) is 0 Å². The van der Waals surface area contributed by atoms with Gasteiger partial charge >= 0.3 is 6.18 Å². The Kier molecular flexibility index (Phi) is 6.92. The number of ether oxygens (including phenoxy) is 1. The van der Waals surface area contributed by atoms with Gasteiger partial charge in [-0.2, -0.15) is 28.6 Å². The number of aromatic nitrogens is 6. The topological polar surface area (TPSA) is 146 Å². The third-order valence-electron chi connectivity index (χ3n) is 5.47. The highest BCUT2D eigenvalue weighted by molar-refractivity contribution is 5.82. The number of fused-ring (bicyclic) bond motifs is 1. The second-order valence-corrected chi connectivity index (χ2v) is 7.64. The SMILES string of the molecule is N#Cc1nn(CCOCCC(=O)N2CCN(c3ncc(C(F)(F)F)cn3)CC2)c2cn[nH]c(=O)c12. The molecule has 0 saturated carbocycles. The summed E-state index contributed by atoms with van der Waals surface area (Å²) in [5.74, 6) is 0.0846. The maximum atomic E-state index is 12.7. The number of piperazine rings is 1. The van der Waals surface area contributed by atoms with Gasteiger partial charge in [0, 0.05) is 38.6 Å². The first kappa shape index (κ1) is 24.1. The number of anilines is 1. The number of H-pyrrole nitrogens is 1. The molecule has 4 heterocycles. The number of hydrogen-bond donors (Lipinski definition) is 1. The third-order valence-corrected chi connectivity index (χ3v) is 5.47. The summed E-state index contributed by atoms with van der Waals surface area (Å²) in [6, 6.07) is 1.88. The van der Waals surface area contributed by atoms with Crippen LogP contribution < -0.4 is 10.5 Å². The van der Waals surface area contributed by atoms with Crippen molar-refractivity contribution in [3.05, 3.63) is 40.2 Å². The van der Waals surface area contributed by atoms with Crippen molar-refractivity contribution < 1.29 is 22.7 Å². The van der Waals surface area contributed by atoms with E-state index < -0.39 is 17.3 Å². The Morgan fingerprint density at radius 2 is 1.86 bits per heavy atom. The van der Waals surface area contributed by atoms with Crippen LogP contribution in [-0.4, -0.2) is 80.1 Å². The van der Waals surface area contributed by atoms with Gasteiger partial charge in [-0.15, -0.1) is 0 Å². The molecule has 12 nitrogen and oxygen atoms in total. The lowest BCUT2D eigenvalue weighted by Crippen LogP contribution is -2.49. The lowest BCUT2D eigenvalue weighted by Gasteiger charge is -2.34. The van der Waals surface area contributed by atoms with Crippen LogP contribution in [0.3, 0.4) is 0 Å². The van der Waals surface area contributed by atoms with E-state index in [1.54, 1.807) is 9.80 Å². The van der Waals surface area contributed by atoms with Gasteiger partial charge in [0.25, 0.3) is 5.56 Å². The monoisotopic (exact) mass is 491 g/mol. The van der Waals surface area contributed by atoms with Gasteiger partial charge in [-0.3, -0.25) is 14.3 Å². The highest BCUT2D eigenvalue weighted by Crippen LogP contribution is 2.28. The number of aromatic amines is 1. The summed E-state index contributed by atoms with van der Waals surface area (Å²) in [7, 11) is 0. The number of nitrogens with one attached hydrogen (secondary N) is 1. The number of hydrogen-bond acceptors (Lipinski definition) is 9. The van der Waals surface area contributed by atoms with E-state index in [2.05, 4.69) is 25.3 Å². The summed E-state index contributed by atoms with van der Waals surface area (Å²) >= 11 is 0. The molecule has 0 bridgehead atoms. The predicted octanol–water partition coefficient (Wildman–Crippen LogP) is 0.556. The number of halogens is 3. The summed E-state index contributed by atoms with van der Waals surface area (Å²) in [6.45, 7) is 2.23. The van der Waals surface area contributed by atoms with Crippen LogP contribution in [0.25, 0.3) is 10.9 Å². The van der Waals surface area contributed by atoms with Gasteiger partial charge in [-0.05, 0) is 0 Å². The maximum absolute atomic E-state index is 12.7. The Morgan fingerprint density at radius 1 is 1.14 bits per heavy atom. The minimum Gasteiger partial charge on any atom is -0.379 e. The van der Waals surface area contributed by atoms with Crippen molar-refractivity contribution in [2.75, 3.05) is 44.3 Å². The van der Waals surface area contributed by atoms with Crippen LogP contribution in [-0.2, 0) is 22.3 Å². The zero-order chi connectivity index (χ0) is 25.0. The average Bonchev–Trinajstić information content (AvgIpc) is 3.22. The molecule has 1 N–H and O–H groups in total. The zero-order valence-electron chi connectivity index (χ0n) is 18.3. The highest BCUT2D eigenvalue weighted by Gasteiger charge is 2.32. The first-order chi connectivity index (χ1) is 16.8. The molecule has 1 fully saturated rings. The maximum Gasteiger partial charge on any atom is 0.419 e. The van der Waals surface area contributed by atoms with Crippen LogP contribution >= 0.6 is 0 Å². The van der Waals surface area contributed by atoms with E-state index in [9.17, 15) is 22.8 Å². The Hall–Kier alpha value is -4.06. The van der Waals surface area contributed by atoms with E-state index >= 15 is 0 Å². The lowest BCUT2D eigenvalue weighted by atomic mass is 10.3. The number of alkyl halides is 3. The van der Waals surface area contributed by atoms with Crippen molar-refractivity contribution in [3.8, 4) is 6.07 Å². The number of rotatable bonds is 7. The molecular weight excluding hydrogens is 471 g/mol. The van der Waals surface area contributed by atoms with Crippen LogP contribution in [0.15, 0.2) is 23.4 Å². The molecule has 15 heteroatoms. The molecule has 0 aromatic carbocycles. The molecule has 4 rings (SSSR count). The molecule has 0 aliphatic carbocycles. The number of nitriles is 1. The van der Waals surface area contributed by atoms with Crippen molar-refractivity contribution in [3.63, 3.8) is 0 Å². The van der Waals surface area contributed by atoms with E-state index in [-0.39, 0.29) is 49.1 Å². The third kappa shape index (κ3) is 5.38. The Balaban J connectivity index is 1.20. The number of carbonyl (C=O) groups is 1. The van der Waals surface area contributed by atoms with Gasteiger partial charge in [-0.25, -0.2) is 15.1 Å². The number of nitrogens with zero attached hydrogens (tertiary/aromatic N) is 8. The Bertz CT molecular complexity index is 1290. The molecule has 3 aromatic heterocycles. The fourth-order valence-electron chi connectivity index (χ4n) is 3.64. The van der Waals surface area contributed by atoms with Crippen molar-refractivity contribution >= 4 is 22.8 Å². The van der Waals surface area contributed by atoms with Crippen molar-refractivity contribution in [1.82, 2.24) is 34.8 Å². The van der Waals surface area contributed by atoms with E-state index in [1.807, 2.05) is 6.07 Å². The summed E-state index contributed by atoms with van der Waals surface area (Å²) in [5, 5.41) is 19.4. The quantitative estimate of drug-likeness (QED) is 0.468. The molecule has 0 spiro atoms. The summed E-state index contributed by atoms with van der Waals surface area (Å²) < 4.78 is 44.9. The molecule has 3 aromatic rings. The lowest BCUT2D eigenvalue weighted by molar-refractivity contribution is -0.138. The molecule has 184 valence electrons. The van der Waals surface area contributed by atoms with Gasteiger partial charge in [0.1, 0.15) is 11.5 Å². The first-order valence-electron chi connectivity index (χ1n) is 10.6. The van der Waals surface area contributed by atoms with Gasteiger partial charge in [0.15, 0.2) is 5.69 Å². The van der Waals surface area contributed by atoms with Crippen molar-refractivity contribution in [1.29, 1.82) is 5.26 Å². The van der Waals surface area contributed by atoms with Crippen LogP contribution in [0.4, 0.5) is 19.1 Å². The Morgan fingerprint density at radius 3 is 2.51 bits per heavy atom. The van der Waals surface area contributed by atoms with Gasteiger partial charge in [0.2, 0.25) is 11.9 Å². The van der Waals surface area contributed by atoms with E-state index in [0.717, 1.165) is 12.4 Å². The fraction of sp³-hybridized carbons (Fsp3) is 0.450. The van der Waals surface area contributed by atoms with E-state index in [0.29, 0.717) is 31.7 Å². The second-order valence-electron chi connectivity index (χ2n) is 7.64. The molecule has 1 aliphatic rings. The molecule has 1 amide bonds. The molecule has 1 aliphatic heterocycles. The summed E-state index contributed by atoms with van der Waals surface area (Å²) in [5.41, 5.74) is -0.993. The summed E-state index contributed by atoms with van der Waals surface area (Å²) in [4.78, 5) is 35.3. The van der Waals surface area contributed by atoms with Crippen LogP contribution in [0.1, 0.15) is 17.7 Å². The van der Waals surface area contributed by atoms with Gasteiger partial charge in [0.05, 0.1) is 43.5 Å². The Labute approximate surface area is 195 Å². The van der Waals surface area contributed by atoms with E-state index in [1.165, 1.54) is 10.9 Å². The first-order valence-corrected chi connectivity index (χ1v) is 10.6. The predicted molar refractivity (Wildman–Crippen MR) is 114 cm³/mol. The number of carbonyl (C=O) groups excluding carboxylic acids is 1. The van der Waals surface area contributed by atoms with Crippen molar-refractivity contribution in [2.24, 2.45) is 0 Å². The van der Waals surface area contributed by atoms with Crippen LogP contribution in [0.2, 0.25) is 0 Å². The smallest absolute Gasteiger partial charge is 0.379 e. The number of amides is 1. The molecule has 0 atom stereocenters. The molecule has 35 heavy (non-hydrogen) atoms. The van der Waals surface area contributed by atoms with Crippen molar-refractivity contribution in [2.45, 2.75) is 19.1 Å². The zero-order valence-corrected chi connectivity index (χ0v) is 18.3. The summed E-state index contributed by atoms with van der Waals surface area (Å²) in [6.07, 6.45) is -1.43. The molecular formula is C20H20F3N9O3. The van der Waals surface area contributed by atoms with E-state index in [4.69, 9.17) is 10.00 Å². The highest BCUT2D eigenvalue weighted by atomic mass is 19.4. The average molecular weight is 491 g/mol. The normalized spacial score (nSPS) is 14.3. The molecule has 1 saturated heterocycles. The largest absolute Gasteiger partial charge is 0.419 e. The fourth-order valence-corrected chi connectivity index (χ4v) is 3.64. The standard InChI is InChI=1S/C20H20F3N9O3/c21-20(22,23)13-10-25-19(26-11-13)31-4-2-30(3-5-31)16(33)1-7-35-8-6-32-15-12-27-28-18(34)17(15)14(9-24)29-32/h10-12H,1-8H2,(H,28,34).